The molecule has 0 bridgehead atoms. The van der Waals surface area contributed by atoms with E-state index in [0.29, 0.717) is 11.6 Å². The molecule has 3 nitrogen and oxygen atoms in total. The van der Waals surface area contributed by atoms with Crippen LogP contribution in [0, 0.1) is 0 Å². The van der Waals surface area contributed by atoms with Crippen LogP contribution in [0.5, 0.6) is 0 Å². The van der Waals surface area contributed by atoms with Crippen LogP contribution in [-0.4, -0.2) is 12.5 Å². The molecule has 1 amide bonds. The van der Waals surface area contributed by atoms with E-state index in [1.807, 2.05) is 12.1 Å². The first kappa shape index (κ1) is 11.0. The van der Waals surface area contributed by atoms with Crippen molar-refractivity contribution in [3.63, 3.8) is 0 Å². The van der Waals surface area contributed by atoms with E-state index in [-0.39, 0.29) is 18.2 Å². The van der Waals surface area contributed by atoms with Crippen LogP contribution in [0.3, 0.4) is 0 Å². The SMILES string of the molecule is NCC(CC(N)=O)c1ccc(Cl)cc1. The van der Waals surface area contributed by atoms with Crippen LogP contribution in [0.4, 0.5) is 0 Å². The number of carbonyl (C=O) groups excluding carboxylic acids is 1. The van der Waals surface area contributed by atoms with E-state index in [0.717, 1.165) is 5.56 Å². The molecular formula is C10H13ClN2O. The predicted octanol–water partition coefficient (Wildman–Crippen LogP) is 1.26. The van der Waals surface area contributed by atoms with Crippen LogP contribution >= 0.6 is 11.6 Å². The van der Waals surface area contributed by atoms with Crippen LogP contribution in [0.1, 0.15) is 17.9 Å². The number of hydrogen-bond acceptors (Lipinski definition) is 2. The maximum absolute atomic E-state index is 10.7. The minimum atomic E-state index is -0.338. The highest BCUT2D eigenvalue weighted by Gasteiger charge is 2.12. The average molecular weight is 213 g/mol. The zero-order chi connectivity index (χ0) is 10.6. The van der Waals surface area contributed by atoms with Gasteiger partial charge in [0.05, 0.1) is 0 Å². The first-order valence-electron chi connectivity index (χ1n) is 4.37. The fourth-order valence-electron chi connectivity index (χ4n) is 1.32. The van der Waals surface area contributed by atoms with Gasteiger partial charge in [-0.25, -0.2) is 0 Å². The maximum atomic E-state index is 10.7. The lowest BCUT2D eigenvalue weighted by atomic mass is 9.96. The second-order valence-corrected chi connectivity index (χ2v) is 3.59. The fraction of sp³-hybridized carbons (Fsp3) is 0.300. The number of carbonyl (C=O) groups is 1. The highest BCUT2D eigenvalue weighted by molar-refractivity contribution is 6.30. The lowest BCUT2D eigenvalue weighted by molar-refractivity contribution is -0.118. The lowest BCUT2D eigenvalue weighted by Gasteiger charge is -2.12. The lowest BCUT2D eigenvalue weighted by Crippen LogP contribution is -2.20. The number of nitrogens with two attached hydrogens (primary N) is 2. The molecule has 0 saturated heterocycles. The van der Waals surface area contributed by atoms with Crippen molar-refractivity contribution in [2.75, 3.05) is 6.54 Å². The molecule has 14 heavy (non-hydrogen) atoms. The van der Waals surface area contributed by atoms with E-state index < -0.39 is 0 Å². The standard InChI is InChI=1S/C10H13ClN2O/c11-9-3-1-7(2-4-9)8(6-12)5-10(13)14/h1-4,8H,5-6,12H2,(H2,13,14). The van der Waals surface area contributed by atoms with Gasteiger partial charge in [0, 0.05) is 17.4 Å². The van der Waals surface area contributed by atoms with Gasteiger partial charge >= 0.3 is 0 Å². The van der Waals surface area contributed by atoms with Gasteiger partial charge in [0.2, 0.25) is 5.91 Å². The molecular weight excluding hydrogens is 200 g/mol. The molecule has 0 aliphatic carbocycles. The summed E-state index contributed by atoms with van der Waals surface area (Å²) < 4.78 is 0. The van der Waals surface area contributed by atoms with Gasteiger partial charge in [-0.05, 0) is 24.2 Å². The summed E-state index contributed by atoms with van der Waals surface area (Å²) in [5, 5.41) is 0.670. The Morgan fingerprint density at radius 2 is 1.93 bits per heavy atom. The Bertz CT molecular complexity index is 310. The smallest absolute Gasteiger partial charge is 0.218 e. The molecule has 1 unspecified atom stereocenters. The highest BCUT2D eigenvalue weighted by Crippen LogP contribution is 2.20. The van der Waals surface area contributed by atoms with Gasteiger partial charge in [-0.2, -0.15) is 0 Å². The normalized spacial score (nSPS) is 12.4. The first-order chi connectivity index (χ1) is 6.63. The average Bonchev–Trinajstić information content (AvgIpc) is 2.15. The van der Waals surface area contributed by atoms with E-state index in [2.05, 4.69) is 0 Å². The minimum absolute atomic E-state index is 0.00948. The van der Waals surface area contributed by atoms with E-state index in [4.69, 9.17) is 23.1 Å². The zero-order valence-corrected chi connectivity index (χ0v) is 8.50. The fourth-order valence-corrected chi connectivity index (χ4v) is 1.44. The molecule has 1 aromatic carbocycles. The molecule has 0 aliphatic rings. The Morgan fingerprint density at radius 3 is 2.36 bits per heavy atom. The topological polar surface area (TPSA) is 69.1 Å². The molecule has 1 rings (SSSR count). The van der Waals surface area contributed by atoms with Gasteiger partial charge in [-0.1, -0.05) is 23.7 Å². The summed E-state index contributed by atoms with van der Waals surface area (Å²) in [5.41, 5.74) is 11.7. The van der Waals surface area contributed by atoms with Gasteiger partial charge in [0.1, 0.15) is 0 Å². The van der Waals surface area contributed by atoms with Crippen molar-refractivity contribution < 1.29 is 4.79 Å². The third-order valence-corrected chi connectivity index (χ3v) is 2.33. The summed E-state index contributed by atoms with van der Waals surface area (Å²) in [6.45, 7) is 0.407. The largest absolute Gasteiger partial charge is 0.370 e. The van der Waals surface area contributed by atoms with Crippen LogP contribution in [0.15, 0.2) is 24.3 Å². The van der Waals surface area contributed by atoms with Crippen molar-refractivity contribution in [1.29, 1.82) is 0 Å². The molecule has 0 fully saturated rings. The van der Waals surface area contributed by atoms with Gasteiger partial charge in [0.15, 0.2) is 0 Å². The van der Waals surface area contributed by atoms with E-state index in [1.54, 1.807) is 12.1 Å². The molecule has 1 aromatic rings. The van der Waals surface area contributed by atoms with Crippen LogP contribution < -0.4 is 11.5 Å². The summed E-state index contributed by atoms with van der Waals surface area (Å²) in [4.78, 5) is 10.7. The van der Waals surface area contributed by atoms with E-state index in [9.17, 15) is 4.79 Å². The summed E-state index contributed by atoms with van der Waals surface area (Å²) in [6.07, 6.45) is 0.276. The van der Waals surface area contributed by atoms with Crippen LogP contribution in [0.25, 0.3) is 0 Å². The molecule has 76 valence electrons. The predicted molar refractivity (Wildman–Crippen MR) is 57.1 cm³/mol. The van der Waals surface area contributed by atoms with Crippen molar-refractivity contribution in [2.24, 2.45) is 11.5 Å². The van der Waals surface area contributed by atoms with Crippen molar-refractivity contribution in [2.45, 2.75) is 12.3 Å². The number of hydrogen-bond donors (Lipinski definition) is 2. The molecule has 0 aromatic heterocycles. The Morgan fingerprint density at radius 1 is 1.36 bits per heavy atom. The number of primary amides is 1. The van der Waals surface area contributed by atoms with Gasteiger partial charge in [0.25, 0.3) is 0 Å². The molecule has 1 atom stereocenters. The summed E-state index contributed by atoms with van der Waals surface area (Å²) in [7, 11) is 0. The quantitative estimate of drug-likeness (QED) is 0.789. The zero-order valence-electron chi connectivity index (χ0n) is 7.74. The maximum Gasteiger partial charge on any atom is 0.218 e. The third-order valence-electron chi connectivity index (χ3n) is 2.07. The van der Waals surface area contributed by atoms with E-state index >= 15 is 0 Å². The van der Waals surface area contributed by atoms with Crippen molar-refractivity contribution in [1.82, 2.24) is 0 Å². The van der Waals surface area contributed by atoms with Gasteiger partial charge in [-0.3, -0.25) is 4.79 Å². The van der Waals surface area contributed by atoms with Crippen molar-refractivity contribution in [3.8, 4) is 0 Å². The van der Waals surface area contributed by atoms with E-state index in [1.165, 1.54) is 0 Å². The number of amides is 1. The van der Waals surface area contributed by atoms with Crippen LogP contribution in [-0.2, 0) is 4.79 Å². The molecule has 0 saturated carbocycles. The number of benzene rings is 1. The molecule has 0 heterocycles. The first-order valence-corrected chi connectivity index (χ1v) is 4.75. The third kappa shape index (κ3) is 3.01. The van der Waals surface area contributed by atoms with Crippen molar-refractivity contribution >= 4 is 17.5 Å². The molecule has 4 heteroatoms. The summed E-state index contributed by atoms with van der Waals surface area (Å²) in [6, 6.07) is 7.28. The second-order valence-electron chi connectivity index (χ2n) is 3.15. The van der Waals surface area contributed by atoms with Gasteiger partial charge in [-0.15, -0.1) is 0 Å². The Kier molecular flexibility index (Phi) is 3.92. The number of halogens is 1. The Balaban J connectivity index is 2.78. The van der Waals surface area contributed by atoms with Crippen LogP contribution in [0.2, 0.25) is 5.02 Å². The Hall–Kier alpha value is -1.06. The molecule has 4 N–H and O–H groups in total. The molecule has 0 radical (unpaired) electrons. The van der Waals surface area contributed by atoms with Gasteiger partial charge < -0.3 is 11.5 Å². The molecule has 0 aliphatic heterocycles. The minimum Gasteiger partial charge on any atom is -0.370 e. The second kappa shape index (κ2) is 4.98. The monoisotopic (exact) mass is 212 g/mol. The highest BCUT2D eigenvalue weighted by atomic mass is 35.5. The number of rotatable bonds is 4. The summed E-state index contributed by atoms with van der Waals surface area (Å²) >= 11 is 5.74. The molecule has 0 spiro atoms. The van der Waals surface area contributed by atoms with Crippen molar-refractivity contribution in [3.05, 3.63) is 34.9 Å². The Labute approximate surface area is 88.0 Å². The summed E-state index contributed by atoms with van der Waals surface area (Å²) in [5.74, 6) is -0.347.